The number of hydrogen-bond acceptors (Lipinski definition) is 5. The summed E-state index contributed by atoms with van der Waals surface area (Å²) in [6.45, 7) is 0. The fourth-order valence-corrected chi connectivity index (χ4v) is 16.9. The van der Waals surface area contributed by atoms with Crippen LogP contribution in [0.25, 0.3) is 198 Å². The van der Waals surface area contributed by atoms with E-state index < -0.39 is 0 Å². The summed E-state index contributed by atoms with van der Waals surface area (Å²) in [6, 6.07) is 131. The minimum absolute atomic E-state index is 0.380. The van der Waals surface area contributed by atoms with Crippen molar-refractivity contribution in [2.45, 2.75) is 0 Å². The summed E-state index contributed by atoms with van der Waals surface area (Å²) >= 11 is 0. The minimum Gasteiger partial charge on any atom is -0.309 e. The first-order chi connectivity index (χ1) is 53.5. The zero-order valence-electron chi connectivity index (χ0n) is 58.1. The van der Waals surface area contributed by atoms with Gasteiger partial charge in [-0.1, -0.05) is 218 Å². The molecule has 22 rings (SSSR count). The molecule has 0 N–H and O–H groups in total. The molecule has 0 aliphatic heterocycles. The largest absolute Gasteiger partial charge is 0.309 e. The van der Waals surface area contributed by atoms with Crippen molar-refractivity contribution >= 4 is 131 Å². The van der Waals surface area contributed by atoms with E-state index >= 15 is 0 Å². The van der Waals surface area contributed by atoms with E-state index in [4.69, 9.17) is 9.97 Å². The lowest BCUT2D eigenvalue weighted by Gasteiger charge is -2.11. The number of aromatic nitrogens is 7. The normalized spacial score (nSPS) is 11.7. The molecule has 0 atom stereocenters. The number of fused-ring (bicyclic) bond motifs is 18. The zero-order valence-corrected chi connectivity index (χ0v) is 58.1. The summed E-state index contributed by atoms with van der Waals surface area (Å²) < 4.78 is 9.50. The van der Waals surface area contributed by atoms with Crippen LogP contribution in [-0.2, 0) is 0 Å². The lowest BCUT2D eigenvalue weighted by Crippen LogP contribution is -1.97. The van der Waals surface area contributed by atoms with Crippen LogP contribution in [0.15, 0.2) is 358 Å². The SMILES string of the molecule is N#Cc1cc(-c2ccc(-n3c4ccccc4c4c(-c5ccc6c(c5)c5c7ccccc7ccc5n6-c5ccccc5)cccc43)cc2)nc2ccccc12.N#Cc1nc(-c2ccc(-n3c4ccccc4c4c(-c5ccc6c7c8ccccc8ccc7n(-c7ccccc7)c6c5)cccc43)cc2)nc2ccccc12. The molecule has 0 saturated carbocycles. The molecule has 9 nitrogen and oxygen atoms in total. The molecule has 108 heavy (non-hydrogen) atoms. The first-order valence-electron chi connectivity index (χ1n) is 36.3. The topological polar surface area (TPSA) is 106 Å². The van der Waals surface area contributed by atoms with E-state index in [1.165, 1.54) is 103 Å². The van der Waals surface area contributed by atoms with Gasteiger partial charge in [0.2, 0.25) is 0 Å². The van der Waals surface area contributed by atoms with Gasteiger partial charge < -0.3 is 18.3 Å². The fourth-order valence-electron chi connectivity index (χ4n) is 16.9. The molecule has 0 bridgehead atoms. The van der Waals surface area contributed by atoms with Crippen molar-refractivity contribution < 1.29 is 0 Å². The van der Waals surface area contributed by atoms with E-state index in [-0.39, 0.29) is 0 Å². The van der Waals surface area contributed by atoms with Crippen molar-refractivity contribution in [1.29, 1.82) is 10.5 Å². The van der Waals surface area contributed by atoms with E-state index in [0.717, 1.165) is 89.0 Å². The number of benzene rings is 16. The Morgan fingerprint density at radius 1 is 0.231 bits per heavy atom. The Morgan fingerprint density at radius 3 is 1.21 bits per heavy atom. The van der Waals surface area contributed by atoms with Crippen LogP contribution in [0, 0.1) is 22.7 Å². The zero-order chi connectivity index (χ0) is 71.5. The van der Waals surface area contributed by atoms with Crippen molar-refractivity contribution in [3.05, 3.63) is 369 Å². The predicted molar refractivity (Wildman–Crippen MR) is 445 cm³/mol. The molecule has 0 spiro atoms. The maximum Gasteiger partial charge on any atom is 0.161 e. The third-order valence-corrected chi connectivity index (χ3v) is 21.7. The van der Waals surface area contributed by atoms with E-state index in [9.17, 15) is 10.5 Å². The highest BCUT2D eigenvalue weighted by atomic mass is 15.0. The van der Waals surface area contributed by atoms with Crippen LogP contribution in [0.5, 0.6) is 0 Å². The second kappa shape index (κ2) is 24.9. The van der Waals surface area contributed by atoms with Gasteiger partial charge in [0.05, 0.1) is 72.5 Å². The van der Waals surface area contributed by atoms with Crippen molar-refractivity contribution in [3.8, 4) is 79.8 Å². The highest BCUT2D eigenvalue weighted by Gasteiger charge is 2.23. The number of rotatable bonds is 8. The van der Waals surface area contributed by atoms with Crippen molar-refractivity contribution in [2.24, 2.45) is 0 Å². The highest BCUT2D eigenvalue weighted by molar-refractivity contribution is 6.25. The average Bonchev–Trinajstić information content (AvgIpc) is 1.57. The van der Waals surface area contributed by atoms with Crippen LogP contribution in [0.2, 0.25) is 0 Å². The molecule has 6 heterocycles. The van der Waals surface area contributed by atoms with Crippen LogP contribution >= 0.6 is 0 Å². The number of hydrogen-bond donors (Lipinski definition) is 0. The van der Waals surface area contributed by atoms with Gasteiger partial charge in [-0.3, -0.25) is 0 Å². The lowest BCUT2D eigenvalue weighted by molar-refractivity contribution is 1.17. The van der Waals surface area contributed by atoms with Gasteiger partial charge in [-0.25, -0.2) is 15.0 Å². The van der Waals surface area contributed by atoms with Crippen molar-refractivity contribution in [2.75, 3.05) is 0 Å². The second-order valence-electron chi connectivity index (χ2n) is 27.6. The molecule has 22 aromatic rings. The fraction of sp³-hybridized carbons (Fsp3) is 0. The van der Waals surface area contributed by atoms with E-state index in [2.05, 4.69) is 327 Å². The van der Waals surface area contributed by atoms with E-state index in [1.807, 2.05) is 66.7 Å². The molecule has 0 aliphatic rings. The number of nitrogens with zero attached hydrogens (tertiary/aromatic N) is 9. The van der Waals surface area contributed by atoms with Gasteiger partial charge in [0.1, 0.15) is 6.07 Å². The highest BCUT2D eigenvalue weighted by Crippen LogP contribution is 2.46. The maximum absolute atomic E-state index is 9.89. The molecule has 0 amide bonds. The summed E-state index contributed by atoms with van der Waals surface area (Å²) in [5, 5.41) is 36.2. The summed E-state index contributed by atoms with van der Waals surface area (Å²) in [4.78, 5) is 14.3. The summed E-state index contributed by atoms with van der Waals surface area (Å²) in [6.07, 6.45) is 0. The van der Waals surface area contributed by atoms with Gasteiger partial charge in [0, 0.05) is 87.7 Å². The molecule has 0 radical (unpaired) electrons. The maximum atomic E-state index is 9.89. The van der Waals surface area contributed by atoms with Crippen molar-refractivity contribution in [1.82, 2.24) is 33.2 Å². The Morgan fingerprint density at radius 2 is 0.639 bits per heavy atom. The Hall–Kier alpha value is -15.0. The van der Waals surface area contributed by atoms with Gasteiger partial charge in [-0.05, 0) is 183 Å². The van der Waals surface area contributed by atoms with Gasteiger partial charge in [-0.2, -0.15) is 10.5 Å². The first kappa shape index (κ1) is 61.6. The third kappa shape index (κ3) is 9.74. The summed E-state index contributed by atoms with van der Waals surface area (Å²) in [5.74, 6) is 0.539. The molecule has 0 fully saturated rings. The van der Waals surface area contributed by atoms with E-state index in [1.54, 1.807) is 0 Å². The van der Waals surface area contributed by atoms with Gasteiger partial charge in [0.15, 0.2) is 11.5 Å². The van der Waals surface area contributed by atoms with Crippen LogP contribution in [-0.4, -0.2) is 33.2 Å². The molecule has 0 unspecified atom stereocenters. The Bertz CT molecular complexity index is 7550. The molecule has 16 aromatic carbocycles. The molecular formula is C99H59N9. The van der Waals surface area contributed by atoms with Crippen LogP contribution in [0.3, 0.4) is 0 Å². The average molecular weight is 1370 g/mol. The minimum atomic E-state index is 0.380. The van der Waals surface area contributed by atoms with E-state index in [0.29, 0.717) is 17.1 Å². The number of para-hydroxylation sites is 6. The number of pyridine rings is 1. The smallest absolute Gasteiger partial charge is 0.161 e. The Kier molecular flexibility index (Phi) is 14.2. The van der Waals surface area contributed by atoms with Gasteiger partial charge >= 0.3 is 0 Å². The number of nitriles is 2. The molecule has 9 heteroatoms. The Labute approximate surface area is 619 Å². The standard InChI is InChI=1S/C50H30N4.C49H29N5/c51-31-35-30-44(52-43-18-8-6-14-38(35)43)33-21-25-37(26-22-33)54-45-19-9-7-16-41(45)49-40(17-10-20-47(49)54)34-24-27-46-42(29-34)50-39-15-5-4-11-32(39)23-28-48(50)53(46)36-12-2-1-3-13-36;50-30-42-38-15-6-8-18-41(38)51-49(52-42)32-21-25-35(26-22-32)53-43-19-9-7-16-39(43)48-37(17-10-20-44(48)53)33-23-27-40-46(29-33)54(34-12-2-1-3-13-34)45-28-24-31-11-4-5-14-36(31)47(40)45/h1-30H;1-29H. The monoisotopic (exact) mass is 1370 g/mol. The van der Waals surface area contributed by atoms with Gasteiger partial charge in [0.25, 0.3) is 0 Å². The summed E-state index contributed by atoms with van der Waals surface area (Å²) in [5.41, 5.74) is 23.7. The first-order valence-corrected chi connectivity index (χ1v) is 36.3. The third-order valence-electron chi connectivity index (χ3n) is 21.7. The van der Waals surface area contributed by atoms with Crippen LogP contribution in [0.1, 0.15) is 11.3 Å². The molecule has 0 aliphatic carbocycles. The lowest BCUT2D eigenvalue weighted by atomic mass is 9.97. The van der Waals surface area contributed by atoms with Crippen molar-refractivity contribution in [3.63, 3.8) is 0 Å². The molecular weight excluding hydrogens is 1320 g/mol. The molecule has 500 valence electrons. The molecule has 0 saturated heterocycles. The quantitative estimate of drug-likeness (QED) is 0.151. The summed E-state index contributed by atoms with van der Waals surface area (Å²) in [7, 11) is 0. The predicted octanol–water partition coefficient (Wildman–Crippen LogP) is 25.0. The van der Waals surface area contributed by atoms with Gasteiger partial charge in [-0.15, -0.1) is 0 Å². The molecule has 6 aromatic heterocycles. The Balaban J connectivity index is 0.000000138. The second-order valence-corrected chi connectivity index (χ2v) is 27.6. The van der Waals surface area contributed by atoms with Crippen LogP contribution < -0.4 is 0 Å². The van der Waals surface area contributed by atoms with Crippen LogP contribution in [0.4, 0.5) is 0 Å².